The second-order valence-electron chi connectivity index (χ2n) is 7.91. The second-order valence-corrected chi connectivity index (χ2v) is 7.91. The quantitative estimate of drug-likeness (QED) is 0.154. The first-order valence-corrected chi connectivity index (χ1v) is 11.5. The third-order valence-electron chi connectivity index (χ3n) is 5.03. The molecule has 0 aliphatic rings. The first-order chi connectivity index (χ1) is 16.5. The molecule has 1 unspecified atom stereocenters. The van der Waals surface area contributed by atoms with Crippen molar-refractivity contribution >= 4 is 29.8 Å². The standard InChI is InChI=1S/C16H28O4.C9H6O6/c1-2-3-4-5-6-7-8-9-10-11-12-14(16(19)20)13-15(17)18;10-7(11)4-1-2-5(8(12)13)6(3-4)9(14)15/h11-12,14H,2-10,13H2,1H3,(H,17,18)(H,19,20);1-3H,(H,10,11)(H,12,13)(H,14,15). The molecule has 0 saturated carbocycles. The molecule has 0 aliphatic heterocycles. The van der Waals surface area contributed by atoms with Crippen LogP contribution in [0.3, 0.4) is 0 Å². The maximum absolute atomic E-state index is 10.8. The van der Waals surface area contributed by atoms with Crippen LogP contribution in [0.2, 0.25) is 0 Å². The number of allylic oxidation sites excluding steroid dienone is 1. The summed E-state index contributed by atoms with van der Waals surface area (Å²) in [5.41, 5.74) is -1.24. The fourth-order valence-corrected chi connectivity index (χ4v) is 3.12. The van der Waals surface area contributed by atoms with Crippen LogP contribution in [-0.2, 0) is 9.59 Å². The third kappa shape index (κ3) is 14.2. The lowest BCUT2D eigenvalue weighted by Crippen LogP contribution is -2.15. The Morgan fingerprint density at radius 2 is 1.29 bits per heavy atom. The third-order valence-corrected chi connectivity index (χ3v) is 5.03. The number of unbranched alkanes of at least 4 members (excludes halogenated alkanes) is 8. The van der Waals surface area contributed by atoms with E-state index < -0.39 is 46.9 Å². The summed E-state index contributed by atoms with van der Waals surface area (Å²) in [7, 11) is 0. The van der Waals surface area contributed by atoms with Gasteiger partial charge in [-0.1, -0.05) is 64.0 Å². The van der Waals surface area contributed by atoms with Gasteiger partial charge in [-0.2, -0.15) is 0 Å². The topological polar surface area (TPSA) is 186 Å². The average molecular weight is 495 g/mol. The van der Waals surface area contributed by atoms with Crippen molar-refractivity contribution in [3.63, 3.8) is 0 Å². The Bertz CT molecular complexity index is 888. The number of hydrogen-bond acceptors (Lipinski definition) is 5. The van der Waals surface area contributed by atoms with Crippen LogP contribution >= 0.6 is 0 Å². The fraction of sp³-hybridized carbons (Fsp3) is 0.480. The molecule has 0 aromatic heterocycles. The maximum atomic E-state index is 10.8. The van der Waals surface area contributed by atoms with E-state index in [9.17, 15) is 24.0 Å². The predicted octanol–water partition coefficient (Wildman–Crippen LogP) is 5.03. The SMILES string of the molecule is CCCCCCCCCCC=CC(CC(=O)O)C(=O)O.O=C(O)c1ccc(C(=O)O)c(C(=O)O)c1. The maximum Gasteiger partial charge on any atom is 0.336 e. The van der Waals surface area contributed by atoms with E-state index in [0.717, 1.165) is 37.5 Å². The van der Waals surface area contributed by atoms with Crippen molar-refractivity contribution < 1.29 is 49.5 Å². The van der Waals surface area contributed by atoms with Gasteiger partial charge >= 0.3 is 29.8 Å². The normalized spacial score (nSPS) is 11.3. The van der Waals surface area contributed by atoms with Crippen LogP contribution in [0.5, 0.6) is 0 Å². The Morgan fingerprint density at radius 3 is 1.74 bits per heavy atom. The van der Waals surface area contributed by atoms with Gasteiger partial charge in [0, 0.05) is 0 Å². The number of hydrogen-bond donors (Lipinski definition) is 5. The lowest BCUT2D eigenvalue weighted by molar-refractivity contribution is -0.146. The molecule has 0 amide bonds. The van der Waals surface area contributed by atoms with Gasteiger partial charge in [0.15, 0.2) is 0 Å². The summed E-state index contributed by atoms with van der Waals surface area (Å²) >= 11 is 0. The molecule has 10 heteroatoms. The van der Waals surface area contributed by atoms with Gasteiger partial charge in [0.2, 0.25) is 0 Å². The van der Waals surface area contributed by atoms with E-state index in [-0.39, 0.29) is 12.0 Å². The van der Waals surface area contributed by atoms with Crippen molar-refractivity contribution in [3.8, 4) is 0 Å². The summed E-state index contributed by atoms with van der Waals surface area (Å²) in [6.45, 7) is 2.21. The highest BCUT2D eigenvalue weighted by atomic mass is 16.4. The van der Waals surface area contributed by atoms with Crippen molar-refractivity contribution in [3.05, 3.63) is 47.0 Å². The predicted molar refractivity (Wildman–Crippen MR) is 127 cm³/mol. The van der Waals surface area contributed by atoms with Crippen LogP contribution in [0.25, 0.3) is 0 Å². The summed E-state index contributed by atoms with van der Waals surface area (Å²) in [6.07, 6.45) is 13.7. The fourth-order valence-electron chi connectivity index (χ4n) is 3.12. The molecular weight excluding hydrogens is 460 g/mol. The molecule has 0 spiro atoms. The van der Waals surface area contributed by atoms with Gasteiger partial charge in [0.1, 0.15) is 0 Å². The molecule has 10 nitrogen and oxygen atoms in total. The molecule has 1 atom stereocenters. The Labute approximate surface area is 203 Å². The zero-order chi connectivity index (χ0) is 26.8. The van der Waals surface area contributed by atoms with Gasteiger partial charge in [-0.05, 0) is 31.0 Å². The van der Waals surface area contributed by atoms with Crippen molar-refractivity contribution in [1.29, 1.82) is 0 Å². The minimum Gasteiger partial charge on any atom is -0.481 e. The van der Waals surface area contributed by atoms with Crippen LogP contribution in [0.4, 0.5) is 0 Å². The van der Waals surface area contributed by atoms with Gasteiger partial charge in [-0.15, -0.1) is 0 Å². The minimum absolute atomic E-state index is 0.266. The highest BCUT2D eigenvalue weighted by molar-refractivity contribution is 6.03. The van der Waals surface area contributed by atoms with Crippen molar-refractivity contribution in [2.75, 3.05) is 0 Å². The zero-order valence-electron chi connectivity index (χ0n) is 19.8. The van der Waals surface area contributed by atoms with Crippen LogP contribution in [0.1, 0.15) is 102 Å². The second kappa shape index (κ2) is 17.7. The monoisotopic (exact) mass is 494 g/mol. The lowest BCUT2D eigenvalue weighted by Gasteiger charge is -2.03. The van der Waals surface area contributed by atoms with E-state index in [4.69, 9.17) is 25.5 Å². The lowest BCUT2D eigenvalue weighted by atomic mass is 10.0. The van der Waals surface area contributed by atoms with E-state index in [1.807, 2.05) is 0 Å². The minimum atomic E-state index is -1.48. The smallest absolute Gasteiger partial charge is 0.336 e. The number of carboxylic acids is 5. The van der Waals surface area contributed by atoms with E-state index in [1.165, 1.54) is 44.6 Å². The van der Waals surface area contributed by atoms with Gasteiger partial charge in [0.05, 0.1) is 29.0 Å². The Hall–Kier alpha value is -3.69. The highest BCUT2D eigenvalue weighted by Crippen LogP contribution is 2.13. The number of aromatic carboxylic acids is 3. The van der Waals surface area contributed by atoms with Crippen molar-refractivity contribution in [2.45, 2.75) is 71.1 Å². The van der Waals surface area contributed by atoms with Crippen LogP contribution in [-0.4, -0.2) is 55.4 Å². The summed E-state index contributed by atoms with van der Waals surface area (Å²) in [4.78, 5) is 53.1. The summed E-state index contributed by atoms with van der Waals surface area (Å²) in [6, 6.07) is 2.81. The molecule has 0 bridgehead atoms. The van der Waals surface area contributed by atoms with Gasteiger partial charge in [0.25, 0.3) is 0 Å². The van der Waals surface area contributed by atoms with E-state index in [2.05, 4.69) is 6.92 Å². The van der Waals surface area contributed by atoms with Crippen LogP contribution < -0.4 is 0 Å². The molecule has 1 rings (SSSR count). The number of carboxylic acid groups (broad SMARTS) is 5. The molecule has 1 aromatic rings. The Kier molecular flexibility index (Phi) is 15.9. The molecule has 0 radical (unpaired) electrons. The van der Waals surface area contributed by atoms with Gasteiger partial charge < -0.3 is 25.5 Å². The molecule has 0 heterocycles. The van der Waals surface area contributed by atoms with E-state index in [1.54, 1.807) is 6.08 Å². The number of rotatable bonds is 16. The molecule has 0 saturated heterocycles. The molecule has 194 valence electrons. The summed E-state index contributed by atoms with van der Waals surface area (Å²) in [5.74, 6) is -7.25. The van der Waals surface area contributed by atoms with Gasteiger partial charge in [-0.3, -0.25) is 9.59 Å². The van der Waals surface area contributed by atoms with E-state index in [0.29, 0.717) is 0 Å². The molecule has 0 aliphatic carbocycles. The molecule has 1 aromatic carbocycles. The van der Waals surface area contributed by atoms with Crippen molar-refractivity contribution in [1.82, 2.24) is 0 Å². The molecular formula is C25H34O10. The Morgan fingerprint density at radius 1 is 0.743 bits per heavy atom. The highest BCUT2D eigenvalue weighted by Gasteiger charge is 2.18. The first kappa shape index (κ1) is 31.3. The van der Waals surface area contributed by atoms with Crippen molar-refractivity contribution in [2.24, 2.45) is 5.92 Å². The number of carbonyl (C=O) groups is 5. The van der Waals surface area contributed by atoms with Crippen LogP contribution in [0.15, 0.2) is 30.4 Å². The Balaban J connectivity index is 0.000000686. The first-order valence-electron chi connectivity index (χ1n) is 11.5. The molecule has 0 fully saturated rings. The number of benzene rings is 1. The van der Waals surface area contributed by atoms with E-state index >= 15 is 0 Å². The number of aliphatic carboxylic acids is 2. The summed E-state index contributed by atoms with van der Waals surface area (Å²) in [5, 5.41) is 43.3. The zero-order valence-corrected chi connectivity index (χ0v) is 19.8. The summed E-state index contributed by atoms with van der Waals surface area (Å²) < 4.78 is 0. The molecule has 35 heavy (non-hydrogen) atoms. The average Bonchev–Trinajstić information content (AvgIpc) is 2.79. The van der Waals surface area contributed by atoms with Gasteiger partial charge in [-0.25, -0.2) is 14.4 Å². The van der Waals surface area contributed by atoms with Crippen LogP contribution in [0, 0.1) is 5.92 Å². The molecule has 5 N–H and O–H groups in total. The largest absolute Gasteiger partial charge is 0.481 e.